The normalized spacial score (nSPS) is 12.3. The Kier molecular flexibility index (Phi) is 3.85. The highest BCUT2D eigenvalue weighted by molar-refractivity contribution is 7.99. The van der Waals surface area contributed by atoms with Crippen molar-refractivity contribution in [1.82, 2.24) is 0 Å². The lowest BCUT2D eigenvalue weighted by Crippen LogP contribution is -1.93. The SMILES string of the molecule is Cc1cc(SC(C)c2ccc(C(=O)O)o2)ccc1N. The van der Waals surface area contributed by atoms with E-state index in [2.05, 4.69) is 0 Å². The average molecular weight is 277 g/mol. The van der Waals surface area contributed by atoms with Crippen molar-refractivity contribution < 1.29 is 14.3 Å². The number of aromatic carboxylic acids is 1. The van der Waals surface area contributed by atoms with Gasteiger partial charge < -0.3 is 15.3 Å². The summed E-state index contributed by atoms with van der Waals surface area (Å²) in [7, 11) is 0. The van der Waals surface area contributed by atoms with E-state index in [9.17, 15) is 4.79 Å². The lowest BCUT2D eigenvalue weighted by molar-refractivity contribution is 0.0660. The summed E-state index contributed by atoms with van der Waals surface area (Å²) in [6.45, 7) is 3.93. The Hall–Kier alpha value is -1.88. The third-order valence-corrected chi connectivity index (χ3v) is 3.90. The molecule has 0 fully saturated rings. The number of rotatable bonds is 4. The van der Waals surface area contributed by atoms with Crippen LogP contribution in [-0.2, 0) is 0 Å². The van der Waals surface area contributed by atoms with Gasteiger partial charge in [-0.15, -0.1) is 11.8 Å². The lowest BCUT2D eigenvalue weighted by Gasteiger charge is -2.09. The molecule has 4 nitrogen and oxygen atoms in total. The van der Waals surface area contributed by atoms with Gasteiger partial charge >= 0.3 is 5.97 Å². The first-order chi connectivity index (χ1) is 8.97. The van der Waals surface area contributed by atoms with Crippen LogP contribution in [0.5, 0.6) is 0 Å². The van der Waals surface area contributed by atoms with E-state index in [0.717, 1.165) is 16.1 Å². The van der Waals surface area contributed by atoms with E-state index in [1.165, 1.54) is 6.07 Å². The Labute approximate surface area is 115 Å². The fraction of sp³-hybridized carbons (Fsp3) is 0.214. The zero-order chi connectivity index (χ0) is 14.0. The Morgan fingerprint density at radius 3 is 2.68 bits per heavy atom. The second-order valence-electron chi connectivity index (χ2n) is 4.29. The zero-order valence-corrected chi connectivity index (χ0v) is 11.5. The zero-order valence-electron chi connectivity index (χ0n) is 10.7. The smallest absolute Gasteiger partial charge is 0.371 e. The minimum Gasteiger partial charge on any atom is -0.475 e. The number of thioether (sulfide) groups is 1. The number of benzene rings is 1. The number of anilines is 1. The van der Waals surface area contributed by atoms with E-state index in [4.69, 9.17) is 15.3 Å². The summed E-state index contributed by atoms with van der Waals surface area (Å²) in [4.78, 5) is 11.8. The molecule has 2 rings (SSSR count). The fourth-order valence-electron chi connectivity index (χ4n) is 1.67. The van der Waals surface area contributed by atoms with Crippen LogP contribution in [0.4, 0.5) is 5.69 Å². The molecule has 0 bridgehead atoms. The molecule has 0 radical (unpaired) electrons. The van der Waals surface area contributed by atoms with E-state index in [1.807, 2.05) is 32.0 Å². The minimum absolute atomic E-state index is 0.0315. The van der Waals surface area contributed by atoms with Crippen LogP contribution in [0, 0.1) is 6.92 Å². The number of hydrogen-bond acceptors (Lipinski definition) is 4. The van der Waals surface area contributed by atoms with E-state index in [-0.39, 0.29) is 11.0 Å². The molecule has 1 unspecified atom stereocenters. The first kappa shape index (κ1) is 13.5. The molecule has 0 aliphatic rings. The van der Waals surface area contributed by atoms with Crippen molar-refractivity contribution in [2.24, 2.45) is 0 Å². The highest BCUT2D eigenvalue weighted by atomic mass is 32.2. The first-order valence-corrected chi connectivity index (χ1v) is 6.71. The molecule has 100 valence electrons. The van der Waals surface area contributed by atoms with E-state index in [0.29, 0.717) is 5.76 Å². The molecule has 0 saturated carbocycles. The molecule has 1 atom stereocenters. The molecule has 0 aliphatic carbocycles. The average Bonchev–Trinajstić information content (AvgIpc) is 2.83. The highest BCUT2D eigenvalue weighted by Gasteiger charge is 2.15. The number of carbonyl (C=O) groups is 1. The lowest BCUT2D eigenvalue weighted by atomic mass is 10.2. The predicted molar refractivity (Wildman–Crippen MR) is 75.5 cm³/mol. The largest absolute Gasteiger partial charge is 0.475 e. The van der Waals surface area contributed by atoms with Gasteiger partial charge in [-0.2, -0.15) is 0 Å². The third kappa shape index (κ3) is 3.12. The monoisotopic (exact) mass is 277 g/mol. The molecule has 1 aromatic carbocycles. The van der Waals surface area contributed by atoms with Crippen LogP contribution in [0.2, 0.25) is 0 Å². The number of carboxylic acid groups (broad SMARTS) is 1. The molecule has 0 amide bonds. The maximum absolute atomic E-state index is 10.8. The van der Waals surface area contributed by atoms with Gasteiger partial charge in [-0.25, -0.2) is 4.79 Å². The van der Waals surface area contributed by atoms with Crippen LogP contribution in [0.25, 0.3) is 0 Å². The molecule has 5 heteroatoms. The van der Waals surface area contributed by atoms with Crippen molar-refractivity contribution in [2.45, 2.75) is 24.0 Å². The minimum atomic E-state index is -1.05. The molecule has 0 saturated heterocycles. The molecule has 2 aromatic rings. The van der Waals surface area contributed by atoms with Crippen molar-refractivity contribution in [3.63, 3.8) is 0 Å². The molecule has 19 heavy (non-hydrogen) atoms. The first-order valence-electron chi connectivity index (χ1n) is 5.83. The van der Waals surface area contributed by atoms with Crippen LogP contribution in [0.15, 0.2) is 39.6 Å². The molecule has 3 N–H and O–H groups in total. The number of aryl methyl sites for hydroxylation is 1. The van der Waals surface area contributed by atoms with Crippen LogP contribution in [-0.4, -0.2) is 11.1 Å². The van der Waals surface area contributed by atoms with Gasteiger partial charge in [0.25, 0.3) is 0 Å². The fourth-order valence-corrected chi connectivity index (χ4v) is 2.71. The van der Waals surface area contributed by atoms with Crippen molar-refractivity contribution in [1.29, 1.82) is 0 Å². The van der Waals surface area contributed by atoms with Gasteiger partial charge in [-0.1, -0.05) is 0 Å². The van der Waals surface area contributed by atoms with E-state index in [1.54, 1.807) is 17.8 Å². The summed E-state index contributed by atoms with van der Waals surface area (Å²) >= 11 is 1.60. The molecular weight excluding hydrogens is 262 g/mol. The second-order valence-corrected chi connectivity index (χ2v) is 5.70. The third-order valence-electron chi connectivity index (χ3n) is 2.79. The van der Waals surface area contributed by atoms with Gasteiger partial charge in [0.1, 0.15) is 5.76 Å². The van der Waals surface area contributed by atoms with Crippen LogP contribution < -0.4 is 5.73 Å². The Balaban J connectivity index is 2.13. The number of carboxylic acids is 1. The van der Waals surface area contributed by atoms with E-state index < -0.39 is 5.97 Å². The summed E-state index contributed by atoms with van der Waals surface area (Å²) in [6, 6.07) is 9.01. The maximum Gasteiger partial charge on any atom is 0.371 e. The van der Waals surface area contributed by atoms with Crippen molar-refractivity contribution >= 4 is 23.4 Å². The predicted octanol–water partition coefficient (Wildman–Crippen LogP) is 3.72. The summed E-state index contributed by atoms with van der Waals surface area (Å²) in [5.74, 6) is -0.431. The number of furan rings is 1. The van der Waals surface area contributed by atoms with Gasteiger partial charge in [0.05, 0.1) is 5.25 Å². The number of hydrogen-bond donors (Lipinski definition) is 2. The number of nitrogen functional groups attached to an aromatic ring is 1. The van der Waals surface area contributed by atoms with Gasteiger partial charge in [-0.05, 0) is 49.7 Å². The molecule has 0 aliphatic heterocycles. The summed E-state index contributed by atoms with van der Waals surface area (Å²) in [5, 5.41) is 8.86. The van der Waals surface area contributed by atoms with Gasteiger partial charge in [0.15, 0.2) is 0 Å². The Morgan fingerprint density at radius 1 is 1.37 bits per heavy atom. The van der Waals surface area contributed by atoms with Crippen LogP contribution in [0.1, 0.15) is 34.1 Å². The van der Waals surface area contributed by atoms with Crippen molar-refractivity contribution in [2.75, 3.05) is 5.73 Å². The van der Waals surface area contributed by atoms with Crippen molar-refractivity contribution in [3.8, 4) is 0 Å². The maximum atomic E-state index is 10.8. The number of nitrogens with two attached hydrogens (primary N) is 1. The molecule has 1 aromatic heterocycles. The highest BCUT2D eigenvalue weighted by Crippen LogP contribution is 2.36. The summed E-state index contributed by atoms with van der Waals surface area (Å²) < 4.78 is 5.29. The topological polar surface area (TPSA) is 76.5 Å². The molecular formula is C14H15NO3S. The quantitative estimate of drug-likeness (QED) is 0.658. The summed E-state index contributed by atoms with van der Waals surface area (Å²) in [6.07, 6.45) is 0. The van der Waals surface area contributed by atoms with Crippen LogP contribution in [0.3, 0.4) is 0 Å². The Morgan fingerprint density at radius 2 is 2.11 bits per heavy atom. The van der Waals surface area contributed by atoms with E-state index >= 15 is 0 Å². The van der Waals surface area contributed by atoms with Gasteiger partial charge in [0.2, 0.25) is 5.76 Å². The molecule has 0 spiro atoms. The van der Waals surface area contributed by atoms with Gasteiger partial charge in [-0.3, -0.25) is 0 Å². The molecule has 1 heterocycles. The van der Waals surface area contributed by atoms with Crippen LogP contribution >= 0.6 is 11.8 Å². The second kappa shape index (κ2) is 5.40. The van der Waals surface area contributed by atoms with Crippen molar-refractivity contribution in [3.05, 3.63) is 47.4 Å². The van der Waals surface area contributed by atoms with Gasteiger partial charge in [0, 0.05) is 10.6 Å². The Bertz CT molecular complexity index is 606. The standard InChI is InChI=1S/C14H15NO3S/c1-8-7-10(3-4-11(8)15)19-9(2)12-5-6-13(18-12)14(16)17/h3-7,9H,15H2,1-2H3,(H,16,17). The summed E-state index contributed by atoms with van der Waals surface area (Å²) in [5.41, 5.74) is 7.57.